The van der Waals surface area contributed by atoms with Crippen LogP contribution < -0.4 is 4.90 Å². The van der Waals surface area contributed by atoms with E-state index in [1.807, 2.05) is 6.92 Å². The summed E-state index contributed by atoms with van der Waals surface area (Å²) in [5, 5.41) is 0. The molecule has 0 N–H and O–H groups in total. The number of ketones is 1. The summed E-state index contributed by atoms with van der Waals surface area (Å²) in [7, 11) is 0. The van der Waals surface area contributed by atoms with Crippen LogP contribution in [0.4, 0.5) is 5.95 Å². The lowest BCUT2D eigenvalue weighted by Crippen LogP contribution is -2.51. The molecule has 0 saturated carbocycles. The van der Waals surface area contributed by atoms with Crippen molar-refractivity contribution in [3.05, 3.63) is 18.5 Å². The molecule has 6 nitrogen and oxygen atoms in total. The number of anilines is 1. The van der Waals surface area contributed by atoms with Gasteiger partial charge >= 0.3 is 0 Å². The van der Waals surface area contributed by atoms with Crippen molar-refractivity contribution >= 4 is 17.6 Å². The maximum Gasteiger partial charge on any atom is 0.233 e. The maximum atomic E-state index is 12.4. The van der Waals surface area contributed by atoms with Crippen LogP contribution in [0.2, 0.25) is 0 Å². The fourth-order valence-corrected chi connectivity index (χ4v) is 2.59. The Kier molecular flexibility index (Phi) is 5.25. The van der Waals surface area contributed by atoms with Crippen molar-refractivity contribution in [1.29, 1.82) is 0 Å². The second-order valence-corrected chi connectivity index (χ2v) is 5.31. The second-order valence-electron chi connectivity index (χ2n) is 5.31. The highest BCUT2D eigenvalue weighted by atomic mass is 16.2. The number of nitrogens with zero attached hydrogens (tertiary/aromatic N) is 4. The van der Waals surface area contributed by atoms with Gasteiger partial charge in [0.15, 0.2) is 0 Å². The molecule has 0 spiro atoms. The molecule has 21 heavy (non-hydrogen) atoms. The van der Waals surface area contributed by atoms with E-state index in [4.69, 9.17) is 0 Å². The summed E-state index contributed by atoms with van der Waals surface area (Å²) < 4.78 is 0. The molecular weight excluding hydrogens is 268 g/mol. The number of hydrogen-bond donors (Lipinski definition) is 0. The summed E-state index contributed by atoms with van der Waals surface area (Å²) in [5.74, 6) is 0.157. The summed E-state index contributed by atoms with van der Waals surface area (Å²) in [6.45, 7) is 6.13. The molecule has 0 bridgehead atoms. The summed E-state index contributed by atoms with van der Waals surface area (Å²) in [5.41, 5.74) is 0. The molecule has 1 aromatic heterocycles. The first kappa shape index (κ1) is 15.4. The lowest BCUT2D eigenvalue weighted by Gasteiger charge is -2.36. The monoisotopic (exact) mass is 290 g/mol. The van der Waals surface area contributed by atoms with Crippen LogP contribution in [0.5, 0.6) is 0 Å². The van der Waals surface area contributed by atoms with E-state index < -0.39 is 5.92 Å². The molecule has 0 aliphatic carbocycles. The number of hydrogen-bond acceptors (Lipinski definition) is 5. The standard InChI is InChI=1S/C15H22N4O2/c1-3-5-13(12(2)20)14(21)18-8-10-19(11-9-18)15-16-6-4-7-17-15/h4,6-7,13H,3,5,8-11H2,1-2H3/t13-/m0/s1. The minimum absolute atomic E-state index is 0.0296. The highest BCUT2D eigenvalue weighted by molar-refractivity contribution is 6.00. The fraction of sp³-hybridized carbons (Fsp3) is 0.600. The highest BCUT2D eigenvalue weighted by Crippen LogP contribution is 2.15. The molecule has 114 valence electrons. The third-order valence-corrected chi connectivity index (χ3v) is 3.79. The molecule has 6 heteroatoms. The van der Waals surface area contributed by atoms with Gasteiger partial charge in [-0.2, -0.15) is 0 Å². The zero-order valence-electron chi connectivity index (χ0n) is 12.7. The van der Waals surface area contributed by atoms with Gasteiger partial charge in [-0.25, -0.2) is 9.97 Å². The molecule has 1 amide bonds. The lowest BCUT2D eigenvalue weighted by atomic mass is 9.97. The number of rotatable bonds is 5. The molecule has 0 radical (unpaired) electrons. The smallest absolute Gasteiger partial charge is 0.233 e. The topological polar surface area (TPSA) is 66.4 Å². The zero-order chi connectivity index (χ0) is 15.2. The van der Waals surface area contributed by atoms with E-state index in [-0.39, 0.29) is 11.7 Å². The summed E-state index contributed by atoms with van der Waals surface area (Å²) in [4.78, 5) is 36.4. The normalized spacial score (nSPS) is 16.7. The van der Waals surface area contributed by atoms with Crippen LogP contribution in [-0.4, -0.2) is 52.7 Å². The highest BCUT2D eigenvalue weighted by Gasteiger charge is 2.30. The molecule has 1 fully saturated rings. The predicted octanol–water partition coefficient (Wildman–Crippen LogP) is 1.13. The Hall–Kier alpha value is -1.98. The van der Waals surface area contributed by atoms with Crippen molar-refractivity contribution < 1.29 is 9.59 Å². The Bertz CT molecular complexity index is 484. The molecule has 0 aromatic carbocycles. The second kappa shape index (κ2) is 7.15. The van der Waals surface area contributed by atoms with Gasteiger partial charge in [0.1, 0.15) is 5.78 Å². The number of carbonyl (C=O) groups excluding carboxylic acids is 2. The first-order valence-electron chi connectivity index (χ1n) is 7.44. The Morgan fingerprint density at radius 1 is 1.19 bits per heavy atom. The van der Waals surface area contributed by atoms with E-state index in [0.717, 1.165) is 6.42 Å². The Balaban J connectivity index is 1.94. The summed E-state index contributed by atoms with van der Waals surface area (Å²) >= 11 is 0. The van der Waals surface area contributed by atoms with E-state index in [0.29, 0.717) is 38.5 Å². The molecule has 1 atom stereocenters. The molecule has 0 unspecified atom stereocenters. The predicted molar refractivity (Wildman–Crippen MR) is 79.9 cm³/mol. The van der Waals surface area contributed by atoms with Crippen molar-refractivity contribution in [3.63, 3.8) is 0 Å². The zero-order valence-corrected chi connectivity index (χ0v) is 12.7. The van der Waals surface area contributed by atoms with Crippen LogP contribution in [-0.2, 0) is 9.59 Å². The van der Waals surface area contributed by atoms with Crippen molar-refractivity contribution in [2.45, 2.75) is 26.7 Å². The number of piperazine rings is 1. The largest absolute Gasteiger partial charge is 0.339 e. The Morgan fingerprint density at radius 3 is 2.33 bits per heavy atom. The van der Waals surface area contributed by atoms with Gasteiger partial charge in [-0.05, 0) is 19.4 Å². The van der Waals surface area contributed by atoms with Gasteiger partial charge in [0.05, 0.1) is 5.92 Å². The van der Waals surface area contributed by atoms with Crippen LogP contribution in [0, 0.1) is 5.92 Å². The average Bonchev–Trinajstić information content (AvgIpc) is 2.53. The van der Waals surface area contributed by atoms with E-state index >= 15 is 0 Å². The lowest BCUT2D eigenvalue weighted by molar-refractivity contribution is -0.141. The van der Waals surface area contributed by atoms with Crippen molar-refractivity contribution in [3.8, 4) is 0 Å². The third-order valence-electron chi connectivity index (χ3n) is 3.79. The van der Waals surface area contributed by atoms with Crippen LogP contribution >= 0.6 is 0 Å². The summed E-state index contributed by atoms with van der Waals surface area (Å²) in [6.07, 6.45) is 4.91. The van der Waals surface area contributed by atoms with Crippen LogP contribution in [0.1, 0.15) is 26.7 Å². The molecule has 1 aliphatic rings. The summed E-state index contributed by atoms with van der Waals surface area (Å²) in [6, 6.07) is 1.78. The Morgan fingerprint density at radius 2 is 1.81 bits per heavy atom. The quantitative estimate of drug-likeness (QED) is 0.761. The van der Waals surface area contributed by atoms with Gasteiger partial charge < -0.3 is 9.80 Å². The molecule has 1 saturated heterocycles. The molecule has 1 aromatic rings. The van der Waals surface area contributed by atoms with Gasteiger partial charge in [-0.15, -0.1) is 0 Å². The SMILES string of the molecule is CCC[C@@H](C(C)=O)C(=O)N1CCN(c2ncccn2)CC1. The molecule has 2 rings (SSSR count). The van der Waals surface area contributed by atoms with Gasteiger partial charge in [0, 0.05) is 38.6 Å². The number of carbonyl (C=O) groups is 2. The molecule has 2 heterocycles. The van der Waals surface area contributed by atoms with Gasteiger partial charge in [-0.3, -0.25) is 9.59 Å². The third kappa shape index (κ3) is 3.77. The van der Waals surface area contributed by atoms with E-state index in [9.17, 15) is 9.59 Å². The van der Waals surface area contributed by atoms with Crippen molar-refractivity contribution in [2.24, 2.45) is 5.92 Å². The van der Waals surface area contributed by atoms with Gasteiger partial charge in [0.2, 0.25) is 11.9 Å². The fourth-order valence-electron chi connectivity index (χ4n) is 2.59. The number of amides is 1. The molecule has 1 aliphatic heterocycles. The first-order chi connectivity index (χ1) is 10.1. The van der Waals surface area contributed by atoms with E-state index in [2.05, 4.69) is 14.9 Å². The Labute approximate surface area is 125 Å². The van der Waals surface area contributed by atoms with Crippen molar-refractivity contribution in [2.75, 3.05) is 31.1 Å². The van der Waals surface area contributed by atoms with Crippen LogP contribution in [0.3, 0.4) is 0 Å². The number of Topliss-reactive ketones (excluding diaryl/α,β-unsaturated/α-hetero) is 1. The minimum atomic E-state index is -0.477. The number of aromatic nitrogens is 2. The van der Waals surface area contributed by atoms with E-state index in [1.54, 1.807) is 23.4 Å². The van der Waals surface area contributed by atoms with Crippen LogP contribution in [0.15, 0.2) is 18.5 Å². The van der Waals surface area contributed by atoms with E-state index in [1.165, 1.54) is 6.92 Å². The molecular formula is C15H22N4O2. The first-order valence-corrected chi connectivity index (χ1v) is 7.44. The average molecular weight is 290 g/mol. The van der Waals surface area contributed by atoms with Gasteiger partial charge in [-0.1, -0.05) is 13.3 Å². The van der Waals surface area contributed by atoms with Crippen molar-refractivity contribution in [1.82, 2.24) is 14.9 Å². The minimum Gasteiger partial charge on any atom is -0.339 e. The van der Waals surface area contributed by atoms with Crippen LogP contribution in [0.25, 0.3) is 0 Å². The maximum absolute atomic E-state index is 12.4. The van der Waals surface area contributed by atoms with Gasteiger partial charge in [0.25, 0.3) is 0 Å².